The molecule has 0 radical (unpaired) electrons. The van der Waals surface area contributed by atoms with Crippen LogP contribution in [0.4, 0.5) is 10.3 Å². The van der Waals surface area contributed by atoms with E-state index >= 15 is 0 Å². The van der Waals surface area contributed by atoms with Crippen LogP contribution < -0.4 is 9.64 Å². The summed E-state index contributed by atoms with van der Waals surface area (Å²) in [6.45, 7) is 3.12. The molecule has 154 valence electrons. The van der Waals surface area contributed by atoms with Crippen LogP contribution in [0.5, 0.6) is 5.75 Å². The topological polar surface area (TPSA) is 76.2 Å². The van der Waals surface area contributed by atoms with E-state index in [4.69, 9.17) is 14.7 Å². The highest BCUT2D eigenvalue weighted by Crippen LogP contribution is 2.27. The van der Waals surface area contributed by atoms with E-state index in [9.17, 15) is 4.39 Å². The van der Waals surface area contributed by atoms with Crippen molar-refractivity contribution >= 4 is 17.7 Å². The third-order valence-electron chi connectivity index (χ3n) is 4.54. The SMILES string of the molecule is N#Cc1ccc(OCCSc2nnc(N3CCOCC3)n2-c2cccc(F)c2)cc1. The molecule has 7 nitrogen and oxygen atoms in total. The first-order valence-electron chi connectivity index (χ1n) is 9.54. The smallest absolute Gasteiger partial charge is 0.232 e. The molecule has 1 aromatic heterocycles. The second-order valence-electron chi connectivity index (χ2n) is 6.53. The number of rotatable bonds is 7. The van der Waals surface area contributed by atoms with Crippen molar-refractivity contribution in [2.45, 2.75) is 5.16 Å². The van der Waals surface area contributed by atoms with Crippen molar-refractivity contribution in [1.82, 2.24) is 14.8 Å². The Kier molecular flexibility index (Phi) is 6.47. The van der Waals surface area contributed by atoms with Crippen LogP contribution in [0, 0.1) is 17.1 Å². The molecule has 1 saturated heterocycles. The van der Waals surface area contributed by atoms with Gasteiger partial charge in [0.15, 0.2) is 5.16 Å². The van der Waals surface area contributed by atoms with Crippen molar-refractivity contribution in [1.29, 1.82) is 5.26 Å². The van der Waals surface area contributed by atoms with Gasteiger partial charge >= 0.3 is 0 Å². The zero-order valence-electron chi connectivity index (χ0n) is 16.2. The van der Waals surface area contributed by atoms with Crippen LogP contribution in [0.15, 0.2) is 53.7 Å². The number of morpholine rings is 1. The number of ether oxygens (including phenoxy) is 2. The third kappa shape index (κ3) is 4.72. The normalized spacial score (nSPS) is 13.8. The first-order chi connectivity index (χ1) is 14.7. The number of nitrogens with zero attached hydrogens (tertiary/aromatic N) is 5. The summed E-state index contributed by atoms with van der Waals surface area (Å²) in [6, 6.07) is 15.5. The molecule has 0 amide bonds. The van der Waals surface area contributed by atoms with Gasteiger partial charge in [-0.15, -0.1) is 10.2 Å². The summed E-state index contributed by atoms with van der Waals surface area (Å²) in [6.07, 6.45) is 0. The highest BCUT2D eigenvalue weighted by molar-refractivity contribution is 7.99. The number of nitriles is 1. The summed E-state index contributed by atoms with van der Waals surface area (Å²) in [5.41, 5.74) is 1.27. The molecule has 2 heterocycles. The van der Waals surface area contributed by atoms with Crippen molar-refractivity contribution < 1.29 is 13.9 Å². The van der Waals surface area contributed by atoms with Gasteiger partial charge in [-0.3, -0.25) is 4.57 Å². The highest BCUT2D eigenvalue weighted by atomic mass is 32.2. The third-order valence-corrected chi connectivity index (χ3v) is 5.44. The van der Waals surface area contributed by atoms with Crippen LogP contribution in [-0.4, -0.2) is 53.4 Å². The van der Waals surface area contributed by atoms with E-state index in [2.05, 4.69) is 21.2 Å². The van der Waals surface area contributed by atoms with Crippen molar-refractivity contribution in [2.75, 3.05) is 43.6 Å². The summed E-state index contributed by atoms with van der Waals surface area (Å²) >= 11 is 1.49. The summed E-state index contributed by atoms with van der Waals surface area (Å²) in [4.78, 5) is 2.10. The van der Waals surface area contributed by atoms with Crippen LogP contribution in [-0.2, 0) is 4.74 Å². The van der Waals surface area contributed by atoms with E-state index in [-0.39, 0.29) is 5.82 Å². The Morgan fingerprint density at radius 2 is 1.93 bits per heavy atom. The predicted octanol–water partition coefficient (Wildman–Crippen LogP) is 3.29. The minimum absolute atomic E-state index is 0.311. The highest BCUT2D eigenvalue weighted by Gasteiger charge is 2.22. The average Bonchev–Trinajstić information content (AvgIpc) is 3.22. The first-order valence-corrected chi connectivity index (χ1v) is 10.5. The standard InChI is InChI=1S/C21H20FN5O2S/c22-17-2-1-3-18(14-17)27-20(26-8-10-28-11-9-26)24-25-21(27)30-13-12-29-19-6-4-16(15-23)5-7-19/h1-7,14H,8-13H2. The number of halogens is 1. The van der Waals surface area contributed by atoms with Crippen molar-refractivity contribution in [2.24, 2.45) is 0 Å². The van der Waals surface area contributed by atoms with Gasteiger partial charge < -0.3 is 14.4 Å². The second-order valence-corrected chi connectivity index (χ2v) is 7.59. The molecule has 1 fully saturated rings. The minimum atomic E-state index is -0.311. The van der Waals surface area contributed by atoms with Crippen molar-refractivity contribution in [3.63, 3.8) is 0 Å². The van der Waals surface area contributed by atoms with Crippen molar-refractivity contribution in [3.8, 4) is 17.5 Å². The van der Waals surface area contributed by atoms with Crippen LogP contribution in [0.3, 0.4) is 0 Å². The molecular weight excluding hydrogens is 405 g/mol. The summed E-state index contributed by atoms with van der Waals surface area (Å²) in [5.74, 6) is 1.71. The number of hydrogen-bond donors (Lipinski definition) is 0. The summed E-state index contributed by atoms with van der Waals surface area (Å²) in [5, 5.41) is 18.2. The van der Waals surface area contributed by atoms with Crippen molar-refractivity contribution in [3.05, 3.63) is 59.9 Å². The maximum Gasteiger partial charge on any atom is 0.232 e. The van der Waals surface area contributed by atoms with E-state index in [0.29, 0.717) is 66.8 Å². The molecule has 30 heavy (non-hydrogen) atoms. The molecular formula is C21H20FN5O2S. The van der Waals surface area contributed by atoms with Crippen LogP contribution in [0.2, 0.25) is 0 Å². The van der Waals surface area contributed by atoms with E-state index in [1.165, 1.54) is 23.9 Å². The van der Waals surface area contributed by atoms with Gasteiger partial charge in [-0.2, -0.15) is 5.26 Å². The fraction of sp³-hybridized carbons (Fsp3) is 0.286. The maximum absolute atomic E-state index is 13.9. The number of aromatic nitrogens is 3. The lowest BCUT2D eigenvalue weighted by molar-refractivity contribution is 0.122. The molecule has 0 N–H and O–H groups in total. The largest absolute Gasteiger partial charge is 0.493 e. The molecule has 3 aromatic rings. The van der Waals surface area contributed by atoms with Gasteiger partial charge in [0, 0.05) is 18.8 Å². The van der Waals surface area contributed by atoms with E-state index in [0.717, 1.165) is 0 Å². The lowest BCUT2D eigenvalue weighted by Gasteiger charge is -2.27. The monoisotopic (exact) mass is 425 g/mol. The predicted molar refractivity (Wildman–Crippen MR) is 112 cm³/mol. The zero-order chi connectivity index (χ0) is 20.8. The van der Waals surface area contributed by atoms with Gasteiger partial charge in [0.25, 0.3) is 0 Å². The van der Waals surface area contributed by atoms with Crippen LogP contribution >= 0.6 is 11.8 Å². The van der Waals surface area contributed by atoms with Crippen LogP contribution in [0.25, 0.3) is 5.69 Å². The fourth-order valence-electron chi connectivity index (χ4n) is 3.08. The minimum Gasteiger partial charge on any atom is -0.493 e. The quantitative estimate of drug-likeness (QED) is 0.425. The second kappa shape index (κ2) is 9.61. The van der Waals surface area contributed by atoms with Crippen LogP contribution in [0.1, 0.15) is 5.56 Å². The Morgan fingerprint density at radius 1 is 1.13 bits per heavy atom. The Hall–Kier alpha value is -3.09. The summed E-state index contributed by atoms with van der Waals surface area (Å²) < 4.78 is 26.9. The Bertz CT molecular complexity index is 1030. The molecule has 1 aliphatic heterocycles. The number of thioether (sulfide) groups is 1. The Morgan fingerprint density at radius 3 is 2.67 bits per heavy atom. The van der Waals surface area contributed by atoms with E-state index in [1.54, 1.807) is 30.3 Å². The molecule has 0 spiro atoms. The molecule has 0 saturated carbocycles. The van der Waals surface area contributed by atoms with E-state index < -0.39 is 0 Å². The zero-order valence-corrected chi connectivity index (χ0v) is 17.0. The molecule has 0 bridgehead atoms. The Labute approximate surface area is 178 Å². The first kappa shape index (κ1) is 20.2. The van der Waals surface area contributed by atoms with Gasteiger partial charge in [-0.05, 0) is 42.5 Å². The molecule has 0 atom stereocenters. The number of benzene rings is 2. The van der Waals surface area contributed by atoms with Gasteiger partial charge in [-0.25, -0.2) is 4.39 Å². The number of hydrogen-bond acceptors (Lipinski definition) is 7. The van der Waals surface area contributed by atoms with Gasteiger partial charge in [0.1, 0.15) is 11.6 Å². The van der Waals surface area contributed by atoms with Gasteiger partial charge in [0.05, 0.1) is 37.1 Å². The lowest BCUT2D eigenvalue weighted by Crippen LogP contribution is -2.37. The molecule has 2 aromatic carbocycles. The number of anilines is 1. The molecule has 9 heteroatoms. The lowest BCUT2D eigenvalue weighted by atomic mass is 10.2. The average molecular weight is 425 g/mol. The molecule has 0 aliphatic carbocycles. The fourth-order valence-corrected chi connectivity index (χ4v) is 3.85. The maximum atomic E-state index is 13.9. The Balaban J connectivity index is 1.48. The van der Waals surface area contributed by atoms with E-state index in [1.807, 2.05) is 10.6 Å². The summed E-state index contributed by atoms with van der Waals surface area (Å²) in [7, 11) is 0. The van der Waals surface area contributed by atoms with Gasteiger partial charge in [-0.1, -0.05) is 17.8 Å². The molecule has 1 aliphatic rings. The van der Waals surface area contributed by atoms with Gasteiger partial charge in [0.2, 0.25) is 5.95 Å². The molecule has 0 unspecified atom stereocenters. The molecule has 4 rings (SSSR count).